The van der Waals surface area contributed by atoms with Gasteiger partial charge in [-0.2, -0.15) is 0 Å². The van der Waals surface area contributed by atoms with Crippen molar-refractivity contribution in [3.8, 4) is 22.4 Å². The number of fused-ring (bicyclic) bond motifs is 1. The Balaban J connectivity index is 2.02. The maximum atomic E-state index is 4.62. The van der Waals surface area contributed by atoms with E-state index in [1.807, 2.05) is 25.6 Å². The fourth-order valence-electron chi connectivity index (χ4n) is 3.58. The van der Waals surface area contributed by atoms with Crippen LogP contribution in [0.25, 0.3) is 33.3 Å². The van der Waals surface area contributed by atoms with Gasteiger partial charge in [0.25, 0.3) is 6.33 Å². The predicted molar refractivity (Wildman–Crippen MR) is 108 cm³/mol. The summed E-state index contributed by atoms with van der Waals surface area (Å²) in [6.45, 7) is 8.40. The van der Waals surface area contributed by atoms with E-state index < -0.39 is 0 Å². The molecule has 134 valence electrons. The second-order valence-corrected chi connectivity index (χ2v) is 7.21. The topological polar surface area (TPSA) is 42.6 Å². The highest BCUT2D eigenvalue weighted by molar-refractivity contribution is 5.94. The maximum absolute atomic E-state index is 4.62. The maximum Gasteiger partial charge on any atom is 0.287 e. The van der Waals surface area contributed by atoms with Crippen LogP contribution in [0.15, 0.2) is 49.1 Å². The van der Waals surface area contributed by atoms with Crippen molar-refractivity contribution in [2.45, 2.75) is 27.7 Å². The Morgan fingerprint density at radius 2 is 1.56 bits per heavy atom. The minimum absolute atomic E-state index is 0.777. The molecular weight excluding hydrogens is 332 g/mol. The third kappa shape index (κ3) is 3.08. The van der Waals surface area contributed by atoms with Crippen LogP contribution in [0, 0.1) is 27.7 Å². The Kier molecular flexibility index (Phi) is 4.19. The molecular formula is C23H23N4+. The molecule has 0 aliphatic carbocycles. The van der Waals surface area contributed by atoms with Crippen LogP contribution in [0.4, 0.5) is 0 Å². The zero-order valence-corrected chi connectivity index (χ0v) is 16.4. The van der Waals surface area contributed by atoms with Crippen LogP contribution < -0.4 is 4.57 Å². The van der Waals surface area contributed by atoms with Crippen LogP contribution in [-0.2, 0) is 7.05 Å². The van der Waals surface area contributed by atoms with Gasteiger partial charge in [-0.05, 0) is 73.6 Å². The molecule has 2 heterocycles. The highest BCUT2D eigenvalue weighted by atomic mass is 15.0. The van der Waals surface area contributed by atoms with E-state index in [2.05, 4.69) is 77.7 Å². The molecule has 0 saturated carbocycles. The van der Waals surface area contributed by atoms with Crippen LogP contribution in [-0.4, -0.2) is 15.0 Å². The molecule has 4 heteroatoms. The average molecular weight is 355 g/mol. The molecule has 0 spiro atoms. The smallest absolute Gasteiger partial charge is 0.241 e. The van der Waals surface area contributed by atoms with E-state index in [1.54, 1.807) is 0 Å². The molecule has 0 saturated heterocycles. The lowest BCUT2D eigenvalue weighted by Gasteiger charge is -2.13. The predicted octanol–water partition coefficient (Wildman–Crippen LogP) is 4.42. The van der Waals surface area contributed by atoms with Crippen molar-refractivity contribution in [1.29, 1.82) is 0 Å². The summed E-state index contributed by atoms with van der Waals surface area (Å²) >= 11 is 0. The minimum atomic E-state index is 0.777. The molecule has 0 aliphatic rings. The zero-order valence-electron chi connectivity index (χ0n) is 16.4. The molecule has 2 aromatic carbocycles. The molecule has 27 heavy (non-hydrogen) atoms. The first-order chi connectivity index (χ1) is 12.9. The molecule has 2 aromatic heterocycles. The van der Waals surface area contributed by atoms with Crippen molar-refractivity contribution >= 4 is 10.9 Å². The molecule has 0 aliphatic heterocycles. The monoisotopic (exact) mass is 355 g/mol. The molecule has 0 atom stereocenters. The van der Waals surface area contributed by atoms with E-state index >= 15 is 0 Å². The van der Waals surface area contributed by atoms with Gasteiger partial charge in [0.1, 0.15) is 11.5 Å². The molecule has 0 bridgehead atoms. The van der Waals surface area contributed by atoms with Gasteiger partial charge in [-0.15, -0.1) is 0 Å². The Bertz CT molecular complexity index is 1160. The number of hydrogen-bond donors (Lipinski definition) is 0. The van der Waals surface area contributed by atoms with Crippen molar-refractivity contribution in [2.24, 2.45) is 7.05 Å². The third-order valence-electron chi connectivity index (χ3n) is 5.16. The van der Waals surface area contributed by atoms with Gasteiger partial charge in [-0.3, -0.25) is 0 Å². The molecule has 4 aromatic rings. The normalized spacial score (nSPS) is 11.1. The van der Waals surface area contributed by atoms with Gasteiger partial charge in [0.15, 0.2) is 5.52 Å². The van der Waals surface area contributed by atoms with Crippen molar-refractivity contribution in [1.82, 2.24) is 15.0 Å². The van der Waals surface area contributed by atoms with Crippen LogP contribution in [0.3, 0.4) is 0 Å². The Labute approximate surface area is 159 Å². The minimum Gasteiger partial charge on any atom is -0.241 e. The number of aromatic nitrogens is 4. The van der Waals surface area contributed by atoms with E-state index in [0.29, 0.717) is 0 Å². The van der Waals surface area contributed by atoms with Crippen molar-refractivity contribution in [3.05, 3.63) is 71.6 Å². The first-order valence-electron chi connectivity index (χ1n) is 9.09. The highest BCUT2D eigenvalue weighted by Gasteiger charge is 2.18. The van der Waals surface area contributed by atoms with Crippen LogP contribution in [0.2, 0.25) is 0 Å². The van der Waals surface area contributed by atoms with Gasteiger partial charge < -0.3 is 0 Å². The fraction of sp³-hybridized carbons (Fsp3) is 0.217. The molecule has 0 amide bonds. The molecule has 4 nitrogen and oxygen atoms in total. The molecule has 0 radical (unpaired) electrons. The lowest BCUT2D eigenvalue weighted by Crippen LogP contribution is -2.32. The summed E-state index contributed by atoms with van der Waals surface area (Å²) in [6, 6.07) is 10.9. The van der Waals surface area contributed by atoms with Crippen molar-refractivity contribution < 1.29 is 4.57 Å². The quantitative estimate of drug-likeness (QED) is 0.500. The summed E-state index contributed by atoms with van der Waals surface area (Å²) in [5, 5.41) is 1.13. The zero-order chi connectivity index (χ0) is 19.1. The number of aryl methyl sites for hydroxylation is 4. The largest absolute Gasteiger partial charge is 0.287 e. The summed E-state index contributed by atoms with van der Waals surface area (Å²) in [5.41, 5.74) is 9.39. The Hall–Kier alpha value is -3.14. The van der Waals surface area contributed by atoms with E-state index in [0.717, 1.165) is 27.9 Å². The second-order valence-electron chi connectivity index (χ2n) is 7.21. The van der Waals surface area contributed by atoms with E-state index in [4.69, 9.17) is 0 Å². The Morgan fingerprint density at radius 1 is 0.815 bits per heavy atom. The summed E-state index contributed by atoms with van der Waals surface area (Å²) < 4.78 is 2.11. The molecule has 0 N–H and O–H groups in total. The lowest BCUT2D eigenvalue weighted by molar-refractivity contribution is -0.662. The van der Waals surface area contributed by atoms with Crippen molar-refractivity contribution in [3.63, 3.8) is 0 Å². The van der Waals surface area contributed by atoms with Gasteiger partial charge in [0, 0.05) is 23.5 Å². The van der Waals surface area contributed by atoms with E-state index in [-0.39, 0.29) is 0 Å². The first kappa shape index (κ1) is 17.3. The van der Waals surface area contributed by atoms with Gasteiger partial charge >= 0.3 is 0 Å². The summed E-state index contributed by atoms with van der Waals surface area (Å²) in [6.07, 6.45) is 5.65. The highest BCUT2D eigenvalue weighted by Crippen LogP contribution is 2.32. The molecule has 0 fully saturated rings. The number of rotatable bonds is 2. The summed E-state index contributed by atoms with van der Waals surface area (Å²) in [4.78, 5) is 13.3. The molecule has 0 unspecified atom stereocenters. The standard InChI is InChI=1S/C23H23N4/c1-14-8-15(2)16(3)20(9-14)23-21-10-18(19-11-24-17(4)25-12-19)6-7-22(21)26-13-27(23)5/h6-13H,1-5H3/q+1. The van der Waals surface area contributed by atoms with Crippen LogP contribution in [0.5, 0.6) is 0 Å². The van der Waals surface area contributed by atoms with Crippen LogP contribution in [0.1, 0.15) is 22.5 Å². The fourth-order valence-corrected chi connectivity index (χ4v) is 3.58. The SMILES string of the molecule is Cc1cc(C)c(C)c(-c2c3cc(-c4cnc(C)nc4)ccc3nc[n+]2C)c1. The number of hydrogen-bond acceptors (Lipinski definition) is 3. The first-order valence-corrected chi connectivity index (χ1v) is 9.09. The van der Waals surface area contributed by atoms with Crippen LogP contribution >= 0.6 is 0 Å². The van der Waals surface area contributed by atoms with Gasteiger partial charge in [0.2, 0.25) is 0 Å². The van der Waals surface area contributed by atoms with E-state index in [1.165, 1.54) is 27.9 Å². The van der Waals surface area contributed by atoms with E-state index in [9.17, 15) is 0 Å². The van der Waals surface area contributed by atoms with Gasteiger partial charge in [-0.1, -0.05) is 11.6 Å². The molecule has 4 rings (SSSR count). The summed E-state index contributed by atoms with van der Waals surface area (Å²) in [7, 11) is 2.06. The Morgan fingerprint density at radius 3 is 2.30 bits per heavy atom. The summed E-state index contributed by atoms with van der Waals surface area (Å²) in [5.74, 6) is 0.777. The third-order valence-corrected chi connectivity index (χ3v) is 5.16. The van der Waals surface area contributed by atoms with Gasteiger partial charge in [0.05, 0.1) is 12.4 Å². The number of nitrogens with zero attached hydrogens (tertiary/aromatic N) is 4. The number of benzene rings is 2. The van der Waals surface area contributed by atoms with Gasteiger partial charge in [-0.25, -0.2) is 14.5 Å². The second kappa shape index (κ2) is 6.54. The van der Waals surface area contributed by atoms with Crippen molar-refractivity contribution in [2.75, 3.05) is 0 Å². The average Bonchev–Trinajstić information content (AvgIpc) is 2.65. The lowest BCUT2D eigenvalue weighted by atomic mass is 9.94.